The number of hydrogen-bond donors (Lipinski definition) is 1. The topological polar surface area (TPSA) is 34.1 Å². The molecular formula is C15H14BrFN2O. The lowest BCUT2D eigenvalue weighted by Crippen LogP contribution is -2.16. The lowest BCUT2D eigenvalue weighted by molar-refractivity contribution is 0.457. The summed E-state index contributed by atoms with van der Waals surface area (Å²) < 4.78 is 19.2. The Morgan fingerprint density at radius 2 is 2.15 bits per heavy atom. The fraction of sp³-hybridized carbons (Fsp3) is 0.267. The number of benzene rings is 1. The summed E-state index contributed by atoms with van der Waals surface area (Å²) in [4.78, 5) is 4.43. The van der Waals surface area contributed by atoms with E-state index in [9.17, 15) is 4.39 Å². The maximum Gasteiger partial charge on any atom is 0.219 e. The Morgan fingerprint density at radius 3 is 2.90 bits per heavy atom. The Morgan fingerprint density at radius 1 is 1.30 bits per heavy atom. The summed E-state index contributed by atoms with van der Waals surface area (Å²) >= 11 is 3.14. The Kier molecular flexibility index (Phi) is 3.98. The molecule has 0 amide bonds. The maximum atomic E-state index is 13.2. The summed E-state index contributed by atoms with van der Waals surface area (Å²) in [5.74, 6) is 0.754. The van der Waals surface area contributed by atoms with Crippen LogP contribution in [0.15, 0.2) is 40.9 Å². The Hall–Kier alpha value is -1.46. The summed E-state index contributed by atoms with van der Waals surface area (Å²) in [5, 5.41) is 3.41. The summed E-state index contributed by atoms with van der Waals surface area (Å²) in [6, 6.07) is 10.8. The molecule has 1 saturated carbocycles. The molecular weight excluding hydrogens is 323 g/mol. The minimum Gasteiger partial charge on any atom is -0.439 e. The molecule has 1 fully saturated rings. The quantitative estimate of drug-likeness (QED) is 0.895. The monoisotopic (exact) mass is 336 g/mol. The molecule has 1 heterocycles. The van der Waals surface area contributed by atoms with E-state index in [0.29, 0.717) is 22.1 Å². The van der Waals surface area contributed by atoms with Crippen LogP contribution in [0.5, 0.6) is 11.6 Å². The van der Waals surface area contributed by atoms with Gasteiger partial charge in [0, 0.05) is 18.7 Å². The number of aromatic nitrogens is 1. The minimum atomic E-state index is -0.312. The van der Waals surface area contributed by atoms with E-state index in [1.807, 2.05) is 12.1 Å². The van der Waals surface area contributed by atoms with Gasteiger partial charge in [-0.05, 0) is 53.0 Å². The zero-order valence-corrected chi connectivity index (χ0v) is 12.4. The van der Waals surface area contributed by atoms with Gasteiger partial charge in [0.05, 0.1) is 10.2 Å². The van der Waals surface area contributed by atoms with Crippen molar-refractivity contribution in [2.75, 3.05) is 0 Å². The molecule has 0 bridgehead atoms. The van der Waals surface area contributed by atoms with Crippen molar-refractivity contribution in [1.82, 2.24) is 10.3 Å². The van der Waals surface area contributed by atoms with Gasteiger partial charge in [0.1, 0.15) is 11.6 Å². The average Bonchev–Trinajstić information content (AvgIpc) is 3.25. The largest absolute Gasteiger partial charge is 0.439 e. The van der Waals surface area contributed by atoms with Crippen LogP contribution in [0.4, 0.5) is 4.39 Å². The smallest absolute Gasteiger partial charge is 0.219 e. The number of hydrogen-bond acceptors (Lipinski definition) is 3. The molecule has 20 heavy (non-hydrogen) atoms. The minimum absolute atomic E-state index is 0.312. The van der Waals surface area contributed by atoms with Gasteiger partial charge in [-0.2, -0.15) is 0 Å². The van der Waals surface area contributed by atoms with Gasteiger partial charge in [-0.15, -0.1) is 0 Å². The van der Waals surface area contributed by atoms with Crippen LogP contribution < -0.4 is 10.1 Å². The molecule has 3 rings (SSSR count). The Labute approximate surface area is 125 Å². The van der Waals surface area contributed by atoms with Gasteiger partial charge in [-0.25, -0.2) is 9.37 Å². The second-order valence-electron chi connectivity index (χ2n) is 4.80. The first-order valence-electron chi connectivity index (χ1n) is 6.53. The predicted molar refractivity (Wildman–Crippen MR) is 78.3 cm³/mol. The SMILES string of the molecule is Fc1ccc(Oc2cccc(CNC3CC3)n2)cc1Br. The van der Waals surface area contributed by atoms with Gasteiger partial charge in [0.2, 0.25) is 5.88 Å². The lowest BCUT2D eigenvalue weighted by Gasteiger charge is -2.08. The van der Waals surface area contributed by atoms with Crippen molar-refractivity contribution in [2.24, 2.45) is 0 Å². The number of pyridine rings is 1. The molecule has 0 unspecified atom stereocenters. The third-order valence-corrected chi connectivity index (χ3v) is 3.65. The third kappa shape index (κ3) is 3.55. The van der Waals surface area contributed by atoms with E-state index in [2.05, 4.69) is 26.2 Å². The molecule has 104 valence electrons. The molecule has 1 aromatic carbocycles. The molecule has 1 N–H and O–H groups in total. The molecule has 0 aliphatic heterocycles. The number of halogens is 2. The van der Waals surface area contributed by atoms with Crippen molar-refractivity contribution < 1.29 is 9.13 Å². The fourth-order valence-corrected chi connectivity index (χ4v) is 2.17. The molecule has 0 atom stereocenters. The van der Waals surface area contributed by atoms with Crippen molar-refractivity contribution in [1.29, 1.82) is 0 Å². The van der Waals surface area contributed by atoms with Crippen LogP contribution in [0.2, 0.25) is 0 Å². The van der Waals surface area contributed by atoms with Gasteiger partial charge < -0.3 is 10.1 Å². The molecule has 0 radical (unpaired) electrons. The second-order valence-corrected chi connectivity index (χ2v) is 5.65. The fourth-order valence-electron chi connectivity index (χ4n) is 1.81. The summed E-state index contributed by atoms with van der Waals surface area (Å²) in [6.45, 7) is 0.745. The van der Waals surface area contributed by atoms with Gasteiger partial charge in [-0.3, -0.25) is 0 Å². The van der Waals surface area contributed by atoms with Crippen molar-refractivity contribution in [3.05, 3.63) is 52.4 Å². The van der Waals surface area contributed by atoms with Crippen LogP contribution in [0, 0.1) is 5.82 Å². The second kappa shape index (κ2) is 5.89. The zero-order valence-electron chi connectivity index (χ0n) is 10.8. The maximum absolute atomic E-state index is 13.2. The van der Waals surface area contributed by atoms with Crippen molar-refractivity contribution in [3.8, 4) is 11.6 Å². The molecule has 2 aromatic rings. The molecule has 0 spiro atoms. The number of nitrogens with zero attached hydrogens (tertiary/aromatic N) is 1. The highest BCUT2D eigenvalue weighted by molar-refractivity contribution is 9.10. The predicted octanol–water partition coefficient (Wildman–Crippen LogP) is 4.03. The van der Waals surface area contributed by atoms with Crippen molar-refractivity contribution in [2.45, 2.75) is 25.4 Å². The first-order valence-corrected chi connectivity index (χ1v) is 7.32. The molecule has 1 aliphatic carbocycles. The van der Waals surface area contributed by atoms with E-state index in [4.69, 9.17) is 4.74 Å². The van der Waals surface area contributed by atoms with E-state index in [1.54, 1.807) is 18.2 Å². The van der Waals surface area contributed by atoms with Crippen LogP contribution in [0.25, 0.3) is 0 Å². The summed E-state index contributed by atoms with van der Waals surface area (Å²) in [7, 11) is 0. The van der Waals surface area contributed by atoms with E-state index >= 15 is 0 Å². The molecule has 0 saturated heterocycles. The first-order chi connectivity index (χ1) is 9.70. The normalized spacial score (nSPS) is 14.3. The van der Waals surface area contributed by atoms with E-state index in [0.717, 1.165) is 12.2 Å². The van der Waals surface area contributed by atoms with E-state index < -0.39 is 0 Å². The zero-order chi connectivity index (χ0) is 13.9. The van der Waals surface area contributed by atoms with Gasteiger partial charge in [0.15, 0.2) is 0 Å². The van der Waals surface area contributed by atoms with E-state index in [1.165, 1.54) is 18.9 Å². The Balaban J connectivity index is 1.69. The third-order valence-electron chi connectivity index (χ3n) is 3.04. The first kappa shape index (κ1) is 13.5. The molecule has 3 nitrogen and oxygen atoms in total. The number of ether oxygens (including phenoxy) is 1. The number of rotatable bonds is 5. The van der Waals surface area contributed by atoms with Crippen LogP contribution in [0.3, 0.4) is 0 Å². The van der Waals surface area contributed by atoms with Crippen molar-refractivity contribution in [3.63, 3.8) is 0 Å². The highest BCUT2D eigenvalue weighted by Crippen LogP contribution is 2.25. The average molecular weight is 337 g/mol. The standard InChI is InChI=1S/C15H14BrFN2O/c16-13-8-12(6-7-14(13)17)20-15-3-1-2-11(19-15)9-18-10-4-5-10/h1-3,6-8,10,18H,4-5,9H2. The van der Waals surface area contributed by atoms with Crippen LogP contribution in [0.1, 0.15) is 18.5 Å². The Bertz CT molecular complexity index is 617. The summed E-state index contributed by atoms with van der Waals surface area (Å²) in [5.41, 5.74) is 0.940. The summed E-state index contributed by atoms with van der Waals surface area (Å²) in [6.07, 6.45) is 2.50. The highest BCUT2D eigenvalue weighted by Gasteiger charge is 2.20. The van der Waals surface area contributed by atoms with Gasteiger partial charge in [0.25, 0.3) is 0 Å². The van der Waals surface area contributed by atoms with Crippen LogP contribution in [-0.4, -0.2) is 11.0 Å². The van der Waals surface area contributed by atoms with Crippen molar-refractivity contribution >= 4 is 15.9 Å². The molecule has 1 aliphatic rings. The number of nitrogens with one attached hydrogen (secondary N) is 1. The van der Waals surface area contributed by atoms with Crippen LogP contribution in [-0.2, 0) is 6.54 Å². The highest BCUT2D eigenvalue weighted by atomic mass is 79.9. The van der Waals surface area contributed by atoms with Gasteiger partial charge in [-0.1, -0.05) is 6.07 Å². The van der Waals surface area contributed by atoms with Gasteiger partial charge >= 0.3 is 0 Å². The van der Waals surface area contributed by atoms with E-state index in [-0.39, 0.29) is 5.82 Å². The molecule has 5 heteroatoms. The lowest BCUT2D eigenvalue weighted by atomic mass is 10.3. The molecule has 1 aromatic heterocycles. The van der Waals surface area contributed by atoms with Crippen LogP contribution >= 0.6 is 15.9 Å².